The second-order valence-corrected chi connectivity index (χ2v) is 12.5. The van der Waals surface area contributed by atoms with Crippen LogP contribution in [0, 0.1) is 12.7 Å². The van der Waals surface area contributed by atoms with E-state index in [1.165, 1.54) is 30.2 Å². The molecule has 0 unspecified atom stereocenters. The Labute approximate surface area is 264 Å². The van der Waals surface area contributed by atoms with Gasteiger partial charge in [0, 0.05) is 25.1 Å². The molecule has 0 bridgehead atoms. The summed E-state index contributed by atoms with van der Waals surface area (Å²) in [5, 5.41) is 2.88. The van der Waals surface area contributed by atoms with E-state index in [9.17, 15) is 22.4 Å². The smallest absolute Gasteiger partial charge is 0.264 e. The van der Waals surface area contributed by atoms with Gasteiger partial charge in [-0.3, -0.25) is 13.9 Å². The van der Waals surface area contributed by atoms with Crippen LogP contribution >= 0.6 is 0 Å². The number of carbonyl (C=O) groups is 2. The summed E-state index contributed by atoms with van der Waals surface area (Å²) in [7, 11) is -2.75. The Morgan fingerprint density at radius 1 is 0.889 bits per heavy atom. The first-order valence-corrected chi connectivity index (χ1v) is 16.2. The number of halogens is 1. The second kappa shape index (κ2) is 15.3. The zero-order chi connectivity index (χ0) is 32.4. The van der Waals surface area contributed by atoms with E-state index in [0.29, 0.717) is 18.7 Å². The zero-order valence-corrected chi connectivity index (χ0v) is 26.5. The fraction of sp³-hybridized carbons (Fsp3) is 0.257. The fourth-order valence-electron chi connectivity index (χ4n) is 4.84. The highest BCUT2D eigenvalue weighted by Crippen LogP contribution is 2.27. The summed E-state index contributed by atoms with van der Waals surface area (Å²) in [6.07, 6.45) is 0.814. The third kappa shape index (κ3) is 8.48. The Morgan fingerprint density at radius 3 is 2.16 bits per heavy atom. The van der Waals surface area contributed by atoms with Crippen LogP contribution in [0.5, 0.6) is 5.75 Å². The minimum Gasteiger partial charge on any atom is -0.497 e. The lowest BCUT2D eigenvalue weighted by molar-refractivity contribution is -0.140. The average molecular weight is 632 g/mol. The van der Waals surface area contributed by atoms with Gasteiger partial charge in [-0.25, -0.2) is 12.8 Å². The maximum Gasteiger partial charge on any atom is 0.264 e. The van der Waals surface area contributed by atoms with Crippen molar-refractivity contribution in [3.8, 4) is 5.75 Å². The molecule has 0 spiro atoms. The molecule has 45 heavy (non-hydrogen) atoms. The lowest BCUT2D eigenvalue weighted by atomic mass is 10.0. The number of amides is 2. The monoisotopic (exact) mass is 631 g/mol. The van der Waals surface area contributed by atoms with Crippen LogP contribution < -0.4 is 14.4 Å². The quantitative estimate of drug-likeness (QED) is 0.198. The number of anilines is 1. The van der Waals surface area contributed by atoms with Crippen molar-refractivity contribution < 1.29 is 27.1 Å². The number of hydrogen-bond donors (Lipinski definition) is 1. The highest BCUT2D eigenvalue weighted by atomic mass is 32.2. The predicted molar refractivity (Wildman–Crippen MR) is 173 cm³/mol. The van der Waals surface area contributed by atoms with Crippen LogP contribution in [0.4, 0.5) is 10.1 Å². The SMILES string of the molecule is CCCNC(=O)[C@@H](Cc1ccccc1)N(Cc1ccccc1F)C(=O)CN(c1ccc(OC)cc1)S(=O)(=O)c1ccc(C)cc1. The van der Waals surface area contributed by atoms with Gasteiger partial charge in [-0.15, -0.1) is 0 Å². The first-order valence-electron chi connectivity index (χ1n) is 14.7. The first-order chi connectivity index (χ1) is 21.6. The molecule has 4 aromatic rings. The number of nitrogens with one attached hydrogen (secondary N) is 1. The summed E-state index contributed by atoms with van der Waals surface area (Å²) in [6.45, 7) is 3.26. The molecule has 0 aliphatic rings. The Bertz CT molecular complexity index is 1680. The molecule has 0 aliphatic heterocycles. The van der Waals surface area contributed by atoms with Gasteiger partial charge in [-0.1, -0.05) is 73.2 Å². The Morgan fingerprint density at radius 2 is 1.53 bits per heavy atom. The summed E-state index contributed by atoms with van der Waals surface area (Å²) in [6, 6.07) is 26.8. The molecule has 0 aromatic heterocycles. The number of rotatable bonds is 14. The van der Waals surface area contributed by atoms with Crippen LogP contribution in [0.2, 0.25) is 0 Å². The Balaban J connectivity index is 1.80. The molecule has 0 saturated heterocycles. The van der Waals surface area contributed by atoms with Crippen molar-refractivity contribution in [2.45, 2.75) is 44.2 Å². The molecule has 1 atom stereocenters. The van der Waals surface area contributed by atoms with Crippen LogP contribution in [0.1, 0.15) is 30.0 Å². The van der Waals surface area contributed by atoms with E-state index in [1.807, 2.05) is 44.2 Å². The van der Waals surface area contributed by atoms with Crippen molar-refractivity contribution in [1.82, 2.24) is 10.2 Å². The molecule has 4 rings (SSSR count). The minimum absolute atomic E-state index is 0.00102. The van der Waals surface area contributed by atoms with E-state index in [-0.39, 0.29) is 29.1 Å². The van der Waals surface area contributed by atoms with Crippen molar-refractivity contribution in [1.29, 1.82) is 0 Å². The van der Waals surface area contributed by atoms with Crippen LogP contribution in [0.25, 0.3) is 0 Å². The summed E-state index contributed by atoms with van der Waals surface area (Å²) in [4.78, 5) is 29.3. The van der Waals surface area contributed by atoms with E-state index < -0.39 is 40.2 Å². The standard InChI is InChI=1S/C35H38FN3O5S/c1-4-22-37-35(41)33(23-27-10-6-5-7-11-27)38(24-28-12-8-9-13-32(28)36)34(40)25-39(29-16-18-30(44-3)19-17-29)45(42,43)31-20-14-26(2)15-21-31/h5-21,33H,4,22-25H2,1-3H3,(H,37,41)/t33-/m1/s1. The van der Waals surface area contributed by atoms with Crippen molar-refractivity contribution in [3.63, 3.8) is 0 Å². The average Bonchev–Trinajstić information content (AvgIpc) is 3.05. The molecule has 4 aromatic carbocycles. The van der Waals surface area contributed by atoms with Gasteiger partial charge >= 0.3 is 0 Å². The second-order valence-electron chi connectivity index (χ2n) is 10.6. The van der Waals surface area contributed by atoms with Gasteiger partial charge in [0.25, 0.3) is 10.0 Å². The van der Waals surface area contributed by atoms with E-state index in [2.05, 4.69) is 5.32 Å². The minimum atomic E-state index is -4.25. The third-order valence-electron chi connectivity index (χ3n) is 7.37. The Kier molecular flexibility index (Phi) is 11.3. The van der Waals surface area contributed by atoms with Crippen LogP contribution in [0.15, 0.2) is 108 Å². The van der Waals surface area contributed by atoms with Crippen molar-refractivity contribution in [2.75, 3.05) is 24.5 Å². The van der Waals surface area contributed by atoms with Gasteiger partial charge in [-0.2, -0.15) is 0 Å². The molecule has 10 heteroatoms. The van der Waals surface area contributed by atoms with E-state index in [4.69, 9.17) is 4.74 Å². The molecule has 0 heterocycles. The number of sulfonamides is 1. The summed E-state index contributed by atoms with van der Waals surface area (Å²) >= 11 is 0. The number of aryl methyl sites for hydroxylation is 1. The highest BCUT2D eigenvalue weighted by molar-refractivity contribution is 7.92. The normalized spacial score (nSPS) is 11.8. The lowest BCUT2D eigenvalue weighted by Gasteiger charge is -2.34. The summed E-state index contributed by atoms with van der Waals surface area (Å²) in [5.41, 5.74) is 2.09. The molecule has 8 nitrogen and oxygen atoms in total. The van der Waals surface area contributed by atoms with Crippen LogP contribution in [-0.2, 0) is 32.6 Å². The zero-order valence-electron chi connectivity index (χ0n) is 25.6. The largest absolute Gasteiger partial charge is 0.497 e. The predicted octanol–water partition coefficient (Wildman–Crippen LogP) is 5.50. The maximum atomic E-state index is 15.0. The molecular weight excluding hydrogens is 593 g/mol. The third-order valence-corrected chi connectivity index (χ3v) is 9.16. The lowest BCUT2D eigenvalue weighted by Crippen LogP contribution is -2.53. The van der Waals surface area contributed by atoms with Gasteiger partial charge in [0.15, 0.2) is 0 Å². The maximum absolute atomic E-state index is 15.0. The molecule has 2 amide bonds. The Hall–Kier alpha value is -4.70. The van der Waals surface area contributed by atoms with Gasteiger partial charge < -0.3 is 15.0 Å². The van der Waals surface area contributed by atoms with Gasteiger partial charge in [0.05, 0.1) is 17.7 Å². The highest BCUT2D eigenvalue weighted by Gasteiger charge is 2.35. The number of hydrogen-bond acceptors (Lipinski definition) is 5. The topological polar surface area (TPSA) is 96.0 Å². The van der Waals surface area contributed by atoms with Gasteiger partial charge in [-0.05, 0) is 61.4 Å². The number of methoxy groups -OCH3 is 1. The van der Waals surface area contributed by atoms with Crippen LogP contribution in [-0.4, -0.2) is 51.4 Å². The number of nitrogens with zero attached hydrogens (tertiary/aromatic N) is 2. The molecule has 0 saturated carbocycles. The first kappa shape index (κ1) is 33.2. The molecule has 1 N–H and O–H groups in total. The molecular formula is C35H38FN3O5S. The van der Waals surface area contributed by atoms with Crippen molar-refractivity contribution >= 4 is 27.5 Å². The van der Waals surface area contributed by atoms with Crippen LogP contribution in [0.3, 0.4) is 0 Å². The summed E-state index contributed by atoms with van der Waals surface area (Å²) < 4.78 is 49.4. The van der Waals surface area contributed by atoms with E-state index in [0.717, 1.165) is 15.4 Å². The number of carbonyl (C=O) groups excluding carboxylic acids is 2. The van der Waals surface area contributed by atoms with Crippen molar-refractivity contribution in [3.05, 3.63) is 126 Å². The van der Waals surface area contributed by atoms with Crippen molar-refractivity contribution in [2.24, 2.45) is 0 Å². The van der Waals surface area contributed by atoms with E-state index >= 15 is 0 Å². The van der Waals surface area contributed by atoms with E-state index in [1.54, 1.807) is 54.6 Å². The summed E-state index contributed by atoms with van der Waals surface area (Å²) in [5.74, 6) is -1.11. The fourth-order valence-corrected chi connectivity index (χ4v) is 6.26. The molecule has 236 valence electrons. The van der Waals surface area contributed by atoms with Gasteiger partial charge in [0.2, 0.25) is 11.8 Å². The molecule has 0 fully saturated rings. The molecule has 0 aliphatic carbocycles. The number of benzene rings is 4. The molecule has 0 radical (unpaired) electrons. The van der Waals surface area contributed by atoms with Gasteiger partial charge in [0.1, 0.15) is 24.2 Å². The number of ether oxygens (including phenoxy) is 1.